The van der Waals surface area contributed by atoms with Crippen LogP contribution >= 0.6 is 0 Å². The summed E-state index contributed by atoms with van der Waals surface area (Å²) in [7, 11) is 2.06. The highest BCUT2D eigenvalue weighted by molar-refractivity contribution is 5.29. The molecule has 4 nitrogen and oxygen atoms in total. The number of rotatable bonds is 6. The summed E-state index contributed by atoms with van der Waals surface area (Å²) in [5.41, 5.74) is 0.889. The first-order chi connectivity index (χ1) is 10.0. The molecular formula is C16H25FN2O2. The van der Waals surface area contributed by atoms with Crippen LogP contribution in [0.5, 0.6) is 5.75 Å². The summed E-state index contributed by atoms with van der Waals surface area (Å²) in [5.74, 6) is 0.294. The Labute approximate surface area is 126 Å². The van der Waals surface area contributed by atoms with Crippen LogP contribution in [0.1, 0.15) is 19.4 Å². The van der Waals surface area contributed by atoms with Crippen LogP contribution in [0, 0.1) is 5.82 Å². The molecule has 0 saturated carbocycles. The van der Waals surface area contributed by atoms with Crippen LogP contribution in [-0.2, 0) is 11.3 Å². The molecule has 0 radical (unpaired) electrons. The van der Waals surface area contributed by atoms with E-state index in [1.165, 1.54) is 12.1 Å². The van der Waals surface area contributed by atoms with Crippen LogP contribution in [0.4, 0.5) is 4.39 Å². The number of hydrogen-bond donors (Lipinski definition) is 1. The van der Waals surface area contributed by atoms with Crippen LogP contribution in [0.15, 0.2) is 18.2 Å². The molecule has 21 heavy (non-hydrogen) atoms. The van der Waals surface area contributed by atoms with Gasteiger partial charge in [0.1, 0.15) is 24.3 Å². The predicted molar refractivity (Wildman–Crippen MR) is 81.1 cm³/mol. The molecule has 1 saturated heterocycles. The lowest BCUT2D eigenvalue weighted by Gasteiger charge is -2.29. The molecule has 2 rings (SSSR count). The van der Waals surface area contributed by atoms with Gasteiger partial charge in [-0.1, -0.05) is 13.8 Å². The smallest absolute Gasteiger partial charge is 0.127 e. The maximum atomic E-state index is 13.6. The first-order valence-corrected chi connectivity index (χ1v) is 7.48. The van der Waals surface area contributed by atoms with Crippen molar-refractivity contribution in [3.05, 3.63) is 29.6 Å². The number of benzene rings is 1. The van der Waals surface area contributed by atoms with Crippen molar-refractivity contribution in [1.29, 1.82) is 0 Å². The molecule has 1 atom stereocenters. The number of likely N-dealkylation sites (N-methyl/N-ethyl adjacent to an activating group) is 1. The molecule has 0 bridgehead atoms. The van der Waals surface area contributed by atoms with Gasteiger partial charge in [-0.05, 0) is 24.7 Å². The number of nitrogens with one attached hydrogen (secondary N) is 1. The summed E-state index contributed by atoms with van der Waals surface area (Å²) in [6.07, 6.45) is 0.0456. The fraction of sp³-hybridized carbons (Fsp3) is 0.625. The van der Waals surface area contributed by atoms with Crippen molar-refractivity contribution < 1.29 is 13.9 Å². The zero-order valence-corrected chi connectivity index (χ0v) is 13.1. The average molecular weight is 296 g/mol. The van der Waals surface area contributed by atoms with E-state index in [1.54, 1.807) is 0 Å². The SMILES string of the molecule is CC(C)NCc1cc(F)cc(OCC2CN(C)CCO2)c1. The molecule has 1 aromatic carbocycles. The number of nitrogens with zero attached hydrogens (tertiary/aromatic N) is 1. The van der Waals surface area contributed by atoms with Gasteiger partial charge in [0.2, 0.25) is 0 Å². The van der Waals surface area contributed by atoms with Crippen LogP contribution in [0.25, 0.3) is 0 Å². The Balaban J connectivity index is 1.89. The second-order valence-corrected chi connectivity index (χ2v) is 5.90. The van der Waals surface area contributed by atoms with Gasteiger partial charge in [0.15, 0.2) is 0 Å². The van der Waals surface area contributed by atoms with Crippen molar-refractivity contribution in [3.8, 4) is 5.75 Å². The third-order valence-electron chi connectivity index (χ3n) is 3.42. The minimum Gasteiger partial charge on any atom is -0.491 e. The number of halogens is 1. The number of morpholine rings is 1. The Morgan fingerprint density at radius 1 is 1.43 bits per heavy atom. The van der Waals surface area contributed by atoms with E-state index in [4.69, 9.17) is 9.47 Å². The highest BCUT2D eigenvalue weighted by Crippen LogP contribution is 2.17. The third kappa shape index (κ3) is 5.61. The van der Waals surface area contributed by atoms with Crippen molar-refractivity contribution in [2.45, 2.75) is 32.5 Å². The van der Waals surface area contributed by atoms with Crippen molar-refractivity contribution in [3.63, 3.8) is 0 Å². The van der Waals surface area contributed by atoms with Crippen LogP contribution in [0.2, 0.25) is 0 Å². The minimum absolute atomic E-state index is 0.0456. The molecule has 1 N–H and O–H groups in total. The Kier molecular flexibility index (Phi) is 5.96. The van der Waals surface area contributed by atoms with E-state index in [2.05, 4.69) is 31.1 Å². The summed E-state index contributed by atoms with van der Waals surface area (Å²) in [6, 6.07) is 5.20. The average Bonchev–Trinajstić information content (AvgIpc) is 2.43. The molecule has 1 unspecified atom stereocenters. The van der Waals surface area contributed by atoms with E-state index in [0.717, 1.165) is 25.3 Å². The molecule has 5 heteroatoms. The molecular weight excluding hydrogens is 271 g/mol. The molecule has 118 valence electrons. The second-order valence-electron chi connectivity index (χ2n) is 5.90. The molecule has 1 aliphatic heterocycles. The van der Waals surface area contributed by atoms with Gasteiger partial charge >= 0.3 is 0 Å². The molecule has 1 aliphatic rings. The van der Waals surface area contributed by atoms with Gasteiger partial charge in [0.05, 0.1) is 6.61 Å². The first kappa shape index (κ1) is 16.2. The summed E-state index contributed by atoms with van der Waals surface area (Å²) in [5, 5.41) is 3.27. The van der Waals surface area contributed by atoms with Gasteiger partial charge in [-0.15, -0.1) is 0 Å². The normalized spacial score (nSPS) is 20.0. The van der Waals surface area contributed by atoms with E-state index in [-0.39, 0.29) is 11.9 Å². The van der Waals surface area contributed by atoms with Crippen molar-refractivity contribution in [1.82, 2.24) is 10.2 Å². The van der Waals surface area contributed by atoms with E-state index < -0.39 is 0 Å². The highest BCUT2D eigenvalue weighted by atomic mass is 19.1. The van der Waals surface area contributed by atoms with Crippen molar-refractivity contribution >= 4 is 0 Å². The van der Waals surface area contributed by atoms with Gasteiger partial charge < -0.3 is 19.7 Å². The lowest BCUT2D eigenvalue weighted by Crippen LogP contribution is -2.42. The Morgan fingerprint density at radius 2 is 2.24 bits per heavy atom. The van der Waals surface area contributed by atoms with E-state index >= 15 is 0 Å². The van der Waals surface area contributed by atoms with Gasteiger partial charge in [0, 0.05) is 31.7 Å². The van der Waals surface area contributed by atoms with Gasteiger partial charge in [0.25, 0.3) is 0 Å². The van der Waals surface area contributed by atoms with Gasteiger partial charge in [-0.2, -0.15) is 0 Å². The maximum Gasteiger partial charge on any atom is 0.127 e. The quantitative estimate of drug-likeness (QED) is 0.871. The molecule has 1 aromatic rings. The summed E-state index contributed by atoms with van der Waals surface area (Å²) in [6.45, 7) is 7.72. The minimum atomic E-state index is -0.269. The summed E-state index contributed by atoms with van der Waals surface area (Å²) in [4.78, 5) is 2.21. The van der Waals surface area contributed by atoms with Crippen LogP contribution in [-0.4, -0.2) is 50.4 Å². The molecule has 0 spiro atoms. The van der Waals surface area contributed by atoms with Crippen LogP contribution in [0.3, 0.4) is 0 Å². The lowest BCUT2D eigenvalue weighted by molar-refractivity contribution is -0.0404. The van der Waals surface area contributed by atoms with E-state index in [1.807, 2.05) is 6.07 Å². The largest absolute Gasteiger partial charge is 0.491 e. The molecule has 0 amide bonds. The van der Waals surface area contributed by atoms with E-state index in [0.29, 0.717) is 24.9 Å². The lowest BCUT2D eigenvalue weighted by atomic mass is 10.2. The first-order valence-electron chi connectivity index (χ1n) is 7.48. The van der Waals surface area contributed by atoms with Gasteiger partial charge in [-0.3, -0.25) is 0 Å². The zero-order chi connectivity index (χ0) is 15.2. The number of hydrogen-bond acceptors (Lipinski definition) is 4. The Morgan fingerprint density at radius 3 is 2.95 bits per heavy atom. The predicted octanol–water partition coefficient (Wildman–Crippen LogP) is 2.03. The maximum absolute atomic E-state index is 13.6. The molecule has 0 aromatic heterocycles. The Bertz CT molecular complexity index is 454. The second kappa shape index (κ2) is 7.73. The molecule has 0 aliphatic carbocycles. The molecule has 1 heterocycles. The monoisotopic (exact) mass is 296 g/mol. The number of ether oxygens (including phenoxy) is 2. The fourth-order valence-corrected chi connectivity index (χ4v) is 2.28. The topological polar surface area (TPSA) is 33.7 Å². The Hall–Kier alpha value is -1.17. The van der Waals surface area contributed by atoms with Gasteiger partial charge in [-0.25, -0.2) is 4.39 Å². The van der Waals surface area contributed by atoms with Crippen molar-refractivity contribution in [2.75, 3.05) is 33.4 Å². The fourth-order valence-electron chi connectivity index (χ4n) is 2.28. The zero-order valence-electron chi connectivity index (χ0n) is 13.1. The summed E-state index contributed by atoms with van der Waals surface area (Å²) < 4.78 is 25.0. The standard InChI is InChI=1S/C16H25FN2O2/c1-12(2)18-9-13-6-14(17)8-15(7-13)21-11-16-10-19(3)4-5-20-16/h6-8,12,16,18H,4-5,9-11H2,1-3H3. The summed E-state index contributed by atoms with van der Waals surface area (Å²) >= 11 is 0. The van der Waals surface area contributed by atoms with E-state index in [9.17, 15) is 4.39 Å². The molecule has 1 fully saturated rings. The van der Waals surface area contributed by atoms with Crippen molar-refractivity contribution in [2.24, 2.45) is 0 Å². The third-order valence-corrected chi connectivity index (χ3v) is 3.42. The van der Waals surface area contributed by atoms with Crippen LogP contribution < -0.4 is 10.1 Å². The highest BCUT2D eigenvalue weighted by Gasteiger charge is 2.18.